The molecule has 0 radical (unpaired) electrons. The van der Waals surface area contributed by atoms with Gasteiger partial charge in [-0.3, -0.25) is 9.78 Å². The van der Waals surface area contributed by atoms with Crippen molar-refractivity contribution in [2.75, 3.05) is 0 Å². The van der Waals surface area contributed by atoms with E-state index in [9.17, 15) is 4.79 Å². The van der Waals surface area contributed by atoms with Gasteiger partial charge in [0.2, 0.25) is 0 Å². The summed E-state index contributed by atoms with van der Waals surface area (Å²) in [6.07, 6.45) is 4.56. The third-order valence-corrected chi connectivity index (χ3v) is 3.24. The first-order chi connectivity index (χ1) is 9.45. The quantitative estimate of drug-likeness (QED) is 0.613. The van der Waals surface area contributed by atoms with Crippen LogP contribution in [0.15, 0.2) is 54.3 Å². The van der Waals surface area contributed by atoms with Crippen LogP contribution in [0.25, 0.3) is 10.9 Å². The zero-order chi connectivity index (χ0) is 14.7. The SMILES string of the molecule is C=C(/C=C(\C)Cc1ccc2ncc(C)cc2c1)C(C)=O. The fourth-order valence-corrected chi connectivity index (χ4v) is 2.17. The maximum atomic E-state index is 11.2. The Hall–Kier alpha value is -2.22. The number of fused-ring (bicyclic) bond motifs is 1. The summed E-state index contributed by atoms with van der Waals surface area (Å²) in [6.45, 7) is 9.36. The van der Waals surface area contributed by atoms with E-state index >= 15 is 0 Å². The average Bonchev–Trinajstić information content (AvgIpc) is 2.37. The summed E-state index contributed by atoms with van der Waals surface area (Å²) in [5, 5.41) is 1.15. The average molecular weight is 265 g/mol. The number of carbonyl (C=O) groups excluding carboxylic acids is 1. The van der Waals surface area contributed by atoms with Crippen molar-refractivity contribution in [1.29, 1.82) is 0 Å². The maximum Gasteiger partial charge on any atom is 0.159 e. The molecule has 0 saturated carbocycles. The van der Waals surface area contributed by atoms with E-state index in [2.05, 4.69) is 29.8 Å². The van der Waals surface area contributed by atoms with Gasteiger partial charge in [-0.2, -0.15) is 0 Å². The first-order valence-electron chi connectivity index (χ1n) is 6.68. The third-order valence-electron chi connectivity index (χ3n) is 3.24. The number of pyridine rings is 1. The standard InChI is InChI=1S/C18H19NO/c1-12(7-14(3)15(4)20)8-16-5-6-18-17(10-16)9-13(2)11-19-18/h5-7,9-11H,3,8H2,1-2,4H3/b12-7+. The minimum Gasteiger partial charge on any atom is -0.295 e. The smallest absolute Gasteiger partial charge is 0.159 e. The number of aryl methyl sites for hydroxylation is 1. The topological polar surface area (TPSA) is 30.0 Å². The zero-order valence-corrected chi connectivity index (χ0v) is 12.2. The fraction of sp³-hybridized carbons (Fsp3) is 0.222. The Morgan fingerprint density at radius 3 is 2.75 bits per heavy atom. The molecule has 1 heterocycles. The van der Waals surface area contributed by atoms with Crippen LogP contribution >= 0.6 is 0 Å². The van der Waals surface area contributed by atoms with Gasteiger partial charge in [-0.1, -0.05) is 24.3 Å². The second-order valence-corrected chi connectivity index (χ2v) is 5.29. The lowest BCUT2D eigenvalue weighted by atomic mass is 10.0. The number of ketones is 1. The largest absolute Gasteiger partial charge is 0.295 e. The Bertz CT molecular complexity index is 710. The minimum atomic E-state index is 0.0164. The van der Waals surface area contributed by atoms with Gasteiger partial charge in [-0.15, -0.1) is 0 Å². The zero-order valence-electron chi connectivity index (χ0n) is 12.2. The lowest BCUT2D eigenvalue weighted by Gasteiger charge is -2.05. The molecule has 2 aromatic rings. The second-order valence-electron chi connectivity index (χ2n) is 5.29. The summed E-state index contributed by atoms with van der Waals surface area (Å²) in [5.41, 5.74) is 5.07. The molecule has 0 spiro atoms. The monoisotopic (exact) mass is 265 g/mol. The molecule has 2 nitrogen and oxygen atoms in total. The van der Waals surface area contributed by atoms with E-state index in [1.54, 1.807) is 0 Å². The predicted octanol–water partition coefficient (Wildman–Crippen LogP) is 4.18. The van der Waals surface area contributed by atoms with Gasteiger partial charge in [-0.25, -0.2) is 0 Å². The Balaban J connectivity index is 2.25. The summed E-state index contributed by atoms with van der Waals surface area (Å²) in [7, 11) is 0. The van der Waals surface area contributed by atoms with E-state index in [4.69, 9.17) is 0 Å². The van der Waals surface area contributed by atoms with Gasteiger partial charge in [0.1, 0.15) is 0 Å². The Morgan fingerprint density at radius 2 is 2.05 bits per heavy atom. The molecule has 0 aliphatic heterocycles. The molecule has 0 N–H and O–H groups in total. The van der Waals surface area contributed by atoms with E-state index < -0.39 is 0 Å². The molecule has 1 aromatic carbocycles. The number of benzene rings is 1. The van der Waals surface area contributed by atoms with Crippen LogP contribution in [0.2, 0.25) is 0 Å². The molecule has 20 heavy (non-hydrogen) atoms. The number of allylic oxidation sites excluding steroid dienone is 3. The van der Waals surface area contributed by atoms with E-state index in [1.165, 1.54) is 12.5 Å². The molecule has 102 valence electrons. The van der Waals surface area contributed by atoms with Crippen molar-refractivity contribution in [3.8, 4) is 0 Å². The van der Waals surface area contributed by atoms with Crippen LogP contribution in [0.3, 0.4) is 0 Å². The maximum absolute atomic E-state index is 11.2. The lowest BCUT2D eigenvalue weighted by Crippen LogP contribution is -1.94. The molecule has 0 aliphatic rings. The highest BCUT2D eigenvalue weighted by Crippen LogP contribution is 2.18. The molecule has 0 bridgehead atoms. The molecular formula is C18H19NO. The van der Waals surface area contributed by atoms with Gasteiger partial charge in [0.25, 0.3) is 0 Å². The van der Waals surface area contributed by atoms with Crippen LogP contribution in [0, 0.1) is 6.92 Å². The van der Waals surface area contributed by atoms with Crippen molar-refractivity contribution in [3.63, 3.8) is 0 Å². The molecule has 0 unspecified atom stereocenters. The summed E-state index contributed by atoms with van der Waals surface area (Å²) >= 11 is 0. The minimum absolute atomic E-state index is 0.0164. The number of aromatic nitrogens is 1. The van der Waals surface area contributed by atoms with Crippen molar-refractivity contribution < 1.29 is 4.79 Å². The lowest BCUT2D eigenvalue weighted by molar-refractivity contribution is -0.113. The van der Waals surface area contributed by atoms with Gasteiger partial charge in [0, 0.05) is 17.2 Å². The normalized spacial score (nSPS) is 11.7. The molecule has 2 rings (SSSR count). The van der Waals surface area contributed by atoms with Crippen molar-refractivity contribution in [2.24, 2.45) is 0 Å². The van der Waals surface area contributed by atoms with Gasteiger partial charge in [0.05, 0.1) is 5.52 Å². The van der Waals surface area contributed by atoms with E-state index in [-0.39, 0.29) is 5.78 Å². The summed E-state index contributed by atoms with van der Waals surface area (Å²) in [5.74, 6) is 0.0164. The number of carbonyl (C=O) groups is 1. The van der Waals surface area contributed by atoms with Crippen LogP contribution in [0.1, 0.15) is 25.0 Å². The summed E-state index contributed by atoms with van der Waals surface area (Å²) < 4.78 is 0. The van der Waals surface area contributed by atoms with Crippen molar-refractivity contribution in [3.05, 3.63) is 65.4 Å². The molecule has 0 amide bonds. The van der Waals surface area contributed by atoms with E-state index in [0.717, 1.165) is 28.5 Å². The first kappa shape index (κ1) is 14.2. The van der Waals surface area contributed by atoms with Crippen molar-refractivity contribution >= 4 is 16.7 Å². The predicted molar refractivity (Wildman–Crippen MR) is 83.8 cm³/mol. The number of hydrogen-bond donors (Lipinski definition) is 0. The second kappa shape index (κ2) is 5.83. The Kier molecular flexibility index (Phi) is 4.14. The molecule has 0 fully saturated rings. The van der Waals surface area contributed by atoms with Crippen LogP contribution in [-0.4, -0.2) is 10.8 Å². The van der Waals surface area contributed by atoms with E-state index in [0.29, 0.717) is 5.57 Å². The van der Waals surface area contributed by atoms with Gasteiger partial charge >= 0.3 is 0 Å². The summed E-state index contributed by atoms with van der Waals surface area (Å²) in [4.78, 5) is 15.6. The van der Waals surface area contributed by atoms with Crippen molar-refractivity contribution in [2.45, 2.75) is 27.2 Å². The van der Waals surface area contributed by atoms with Gasteiger partial charge in [0.15, 0.2) is 5.78 Å². The fourth-order valence-electron chi connectivity index (χ4n) is 2.17. The van der Waals surface area contributed by atoms with Crippen LogP contribution < -0.4 is 0 Å². The van der Waals surface area contributed by atoms with Crippen molar-refractivity contribution in [1.82, 2.24) is 4.98 Å². The van der Waals surface area contributed by atoms with Crippen LogP contribution in [0.4, 0.5) is 0 Å². The molecule has 0 saturated heterocycles. The van der Waals surface area contributed by atoms with Crippen LogP contribution in [0.5, 0.6) is 0 Å². The Morgan fingerprint density at radius 1 is 1.30 bits per heavy atom. The number of Topliss-reactive ketones (excluding diaryl/α,β-unsaturated/α-hetero) is 1. The van der Waals surface area contributed by atoms with Gasteiger partial charge in [-0.05, 0) is 56.5 Å². The molecule has 0 atom stereocenters. The molecule has 0 aliphatic carbocycles. The number of rotatable bonds is 4. The molecule has 1 aromatic heterocycles. The number of hydrogen-bond acceptors (Lipinski definition) is 2. The molecule has 2 heteroatoms. The first-order valence-corrected chi connectivity index (χ1v) is 6.68. The van der Waals surface area contributed by atoms with Gasteiger partial charge < -0.3 is 0 Å². The third kappa shape index (κ3) is 3.41. The van der Waals surface area contributed by atoms with Crippen LogP contribution in [-0.2, 0) is 11.2 Å². The highest BCUT2D eigenvalue weighted by atomic mass is 16.1. The van der Waals surface area contributed by atoms with E-state index in [1.807, 2.05) is 32.2 Å². The number of nitrogens with zero attached hydrogens (tertiary/aromatic N) is 1. The summed E-state index contributed by atoms with van der Waals surface area (Å²) in [6, 6.07) is 8.41. The highest BCUT2D eigenvalue weighted by Gasteiger charge is 2.02. The highest BCUT2D eigenvalue weighted by molar-refractivity contribution is 5.95. The molecular weight excluding hydrogens is 246 g/mol. The Labute approximate surface area is 119 Å².